The Balaban J connectivity index is 1.27. The third-order valence-corrected chi connectivity index (χ3v) is 5.39. The van der Waals surface area contributed by atoms with Crippen molar-refractivity contribution < 1.29 is 18.8 Å². The van der Waals surface area contributed by atoms with Crippen LogP contribution in [0.2, 0.25) is 0 Å². The molecule has 168 valence electrons. The average molecular weight is 465 g/mol. The van der Waals surface area contributed by atoms with E-state index in [1.165, 1.54) is 17.6 Å². The third-order valence-electron chi connectivity index (χ3n) is 4.63. The van der Waals surface area contributed by atoms with Gasteiger partial charge in [-0.3, -0.25) is 18.8 Å². The zero-order valence-corrected chi connectivity index (χ0v) is 18.6. The molecule has 0 aliphatic rings. The van der Waals surface area contributed by atoms with Gasteiger partial charge in [-0.15, -0.1) is 11.3 Å². The minimum atomic E-state index is -0.787. The summed E-state index contributed by atoms with van der Waals surface area (Å²) in [6.45, 7) is 3.70. The number of amides is 3. The summed E-state index contributed by atoms with van der Waals surface area (Å²) in [5, 5.41) is 10.8. The van der Waals surface area contributed by atoms with Gasteiger partial charge in [-0.1, -0.05) is 17.7 Å². The molecule has 0 atom stereocenters. The predicted octanol–water partition coefficient (Wildman–Crippen LogP) is 2.62. The maximum atomic E-state index is 12.4. The highest BCUT2D eigenvalue weighted by molar-refractivity contribution is 7.15. The number of aryl methyl sites for hydroxylation is 2. The van der Waals surface area contributed by atoms with Crippen molar-refractivity contribution in [2.75, 3.05) is 5.32 Å². The van der Waals surface area contributed by atoms with E-state index in [2.05, 4.69) is 26.1 Å². The minimum absolute atomic E-state index is 0.0194. The lowest BCUT2D eigenvalue weighted by atomic mass is 10.2. The summed E-state index contributed by atoms with van der Waals surface area (Å²) < 4.78 is 7.24. The molecule has 4 rings (SSSR count). The van der Waals surface area contributed by atoms with Gasteiger partial charge >= 0.3 is 11.8 Å². The van der Waals surface area contributed by atoms with Crippen molar-refractivity contribution in [2.45, 2.75) is 20.4 Å². The summed E-state index contributed by atoms with van der Waals surface area (Å²) in [7, 11) is 0. The first-order valence-electron chi connectivity index (χ1n) is 9.91. The Kier molecular flexibility index (Phi) is 6.31. The van der Waals surface area contributed by atoms with E-state index in [0.717, 1.165) is 10.5 Å². The average Bonchev–Trinajstić information content (AvgIpc) is 3.49. The summed E-state index contributed by atoms with van der Waals surface area (Å²) in [6.07, 6.45) is 3.11. The smallest absolute Gasteiger partial charge is 0.313 e. The Labute approximate surface area is 192 Å². The van der Waals surface area contributed by atoms with E-state index in [1.54, 1.807) is 41.8 Å². The quantitative estimate of drug-likeness (QED) is 0.229. The SMILES string of the molecule is Cc1ccc(NC(=O)C(=O)NCc2ccc(/C=N/NC(=O)c3c(C)nc4sccn34)o2)cc1. The molecule has 11 heteroatoms. The van der Waals surface area contributed by atoms with Crippen molar-refractivity contribution in [1.82, 2.24) is 20.1 Å². The molecule has 3 aromatic heterocycles. The number of carbonyl (C=O) groups excluding carboxylic acids is 3. The van der Waals surface area contributed by atoms with Gasteiger partial charge in [0.1, 0.15) is 17.2 Å². The number of hydrazone groups is 1. The normalized spacial score (nSPS) is 11.1. The van der Waals surface area contributed by atoms with Crippen molar-refractivity contribution in [2.24, 2.45) is 5.10 Å². The van der Waals surface area contributed by atoms with Crippen molar-refractivity contribution in [3.05, 3.63) is 76.4 Å². The van der Waals surface area contributed by atoms with Crippen LogP contribution in [0, 0.1) is 13.8 Å². The lowest BCUT2D eigenvalue weighted by Gasteiger charge is -2.05. The highest BCUT2D eigenvalue weighted by atomic mass is 32.1. The van der Waals surface area contributed by atoms with E-state index in [9.17, 15) is 14.4 Å². The van der Waals surface area contributed by atoms with Crippen LogP contribution in [0.3, 0.4) is 0 Å². The van der Waals surface area contributed by atoms with Crippen LogP contribution in [0.4, 0.5) is 5.69 Å². The summed E-state index contributed by atoms with van der Waals surface area (Å²) in [6, 6.07) is 10.4. The molecule has 0 spiro atoms. The Bertz CT molecular complexity index is 1350. The molecule has 10 nitrogen and oxygen atoms in total. The summed E-state index contributed by atoms with van der Waals surface area (Å²) >= 11 is 1.44. The number of fused-ring (bicyclic) bond motifs is 1. The van der Waals surface area contributed by atoms with E-state index >= 15 is 0 Å². The van der Waals surface area contributed by atoms with Crippen LogP contribution in [0.5, 0.6) is 0 Å². The van der Waals surface area contributed by atoms with Crippen LogP contribution in [0.25, 0.3) is 4.96 Å². The summed E-state index contributed by atoms with van der Waals surface area (Å²) in [5.74, 6) is -1.16. The summed E-state index contributed by atoms with van der Waals surface area (Å²) in [4.78, 5) is 41.5. The highest BCUT2D eigenvalue weighted by Crippen LogP contribution is 2.16. The molecule has 0 bridgehead atoms. The number of hydrogen-bond donors (Lipinski definition) is 3. The second-order valence-corrected chi connectivity index (χ2v) is 7.98. The molecule has 0 aliphatic heterocycles. The minimum Gasteiger partial charge on any atom is -0.458 e. The maximum absolute atomic E-state index is 12.4. The van der Waals surface area contributed by atoms with Crippen LogP contribution < -0.4 is 16.1 Å². The number of nitrogens with zero attached hydrogens (tertiary/aromatic N) is 3. The van der Waals surface area contributed by atoms with Gasteiger partial charge in [-0.05, 0) is 38.1 Å². The second kappa shape index (κ2) is 9.49. The van der Waals surface area contributed by atoms with E-state index in [0.29, 0.717) is 28.6 Å². The molecule has 4 aromatic rings. The molecule has 0 saturated heterocycles. The first-order chi connectivity index (χ1) is 15.9. The van der Waals surface area contributed by atoms with Gasteiger partial charge in [0.15, 0.2) is 4.96 Å². The van der Waals surface area contributed by atoms with Gasteiger partial charge in [0.05, 0.1) is 18.5 Å². The van der Waals surface area contributed by atoms with Gasteiger partial charge < -0.3 is 15.1 Å². The van der Waals surface area contributed by atoms with Gasteiger partial charge in [-0.25, -0.2) is 10.4 Å². The molecule has 3 heterocycles. The fourth-order valence-electron chi connectivity index (χ4n) is 3.01. The molecule has 0 radical (unpaired) electrons. The van der Waals surface area contributed by atoms with Crippen molar-refractivity contribution in [3.8, 4) is 0 Å². The number of rotatable bonds is 6. The van der Waals surface area contributed by atoms with E-state index in [-0.39, 0.29) is 6.54 Å². The van der Waals surface area contributed by atoms with Gasteiger partial charge in [0.2, 0.25) is 0 Å². The number of anilines is 1. The first-order valence-corrected chi connectivity index (χ1v) is 10.8. The summed E-state index contributed by atoms with van der Waals surface area (Å²) in [5.41, 5.74) is 5.05. The van der Waals surface area contributed by atoms with Crippen molar-refractivity contribution >= 4 is 45.9 Å². The van der Waals surface area contributed by atoms with E-state index in [1.807, 2.05) is 24.4 Å². The van der Waals surface area contributed by atoms with Crippen LogP contribution in [0.1, 0.15) is 33.3 Å². The molecule has 33 heavy (non-hydrogen) atoms. The number of thiazole rings is 1. The molecule has 3 amide bonds. The van der Waals surface area contributed by atoms with Crippen molar-refractivity contribution in [1.29, 1.82) is 0 Å². The molecule has 1 aromatic carbocycles. The molecule has 0 saturated carbocycles. The maximum Gasteiger partial charge on any atom is 0.313 e. The predicted molar refractivity (Wildman–Crippen MR) is 123 cm³/mol. The fourth-order valence-corrected chi connectivity index (χ4v) is 3.77. The number of aromatic nitrogens is 2. The highest BCUT2D eigenvalue weighted by Gasteiger charge is 2.17. The van der Waals surface area contributed by atoms with Crippen molar-refractivity contribution in [3.63, 3.8) is 0 Å². The zero-order chi connectivity index (χ0) is 23.4. The topological polar surface area (TPSA) is 130 Å². The Morgan fingerprint density at radius 3 is 2.70 bits per heavy atom. The molecule has 0 aliphatic carbocycles. The number of furan rings is 1. The van der Waals surface area contributed by atoms with Crippen LogP contribution in [-0.4, -0.2) is 33.3 Å². The number of benzene rings is 1. The molecule has 3 N–H and O–H groups in total. The number of hydrogen-bond acceptors (Lipinski definition) is 7. The standard InChI is InChI=1S/C22H20N6O4S/c1-13-3-5-15(6-4-13)26-21(31)20(30)23-11-16-7-8-17(32-16)12-24-27-19(29)18-14(2)25-22-28(18)9-10-33-22/h3-10,12H,11H2,1-2H3,(H,23,30)(H,26,31)(H,27,29)/b24-12+. The zero-order valence-electron chi connectivity index (χ0n) is 17.8. The molecular formula is C22H20N6O4S. The second-order valence-electron chi connectivity index (χ2n) is 7.11. The third kappa shape index (κ3) is 5.15. The Morgan fingerprint density at radius 2 is 1.91 bits per heavy atom. The van der Waals surface area contributed by atoms with Gasteiger partial charge in [0.25, 0.3) is 5.91 Å². The Hall–Kier alpha value is -4.25. The lowest BCUT2D eigenvalue weighted by Crippen LogP contribution is -2.34. The number of imidazole rings is 1. The monoisotopic (exact) mass is 464 g/mol. The largest absolute Gasteiger partial charge is 0.458 e. The molecule has 0 unspecified atom stereocenters. The van der Waals surface area contributed by atoms with E-state index < -0.39 is 17.7 Å². The van der Waals surface area contributed by atoms with E-state index in [4.69, 9.17) is 4.42 Å². The van der Waals surface area contributed by atoms with Gasteiger partial charge in [0, 0.05) is 17.3 Å². The lowest BCUT2D eigenvalue weighted by molar-refractivity contribution is -0.136. The Morgan fingerprint density at radius 1 is 1.12 bits per heavy atom. The fraction of sp³-hybridized carbons (Fsp3) is 0.136. The van der Waals surface area contributed by atoms with Gasteiger partial charge in [-0.2, -0.15) is 5.10 Å². The van der Waals surface area contributed by atoms with Crippen LogP contribution in [-0.2, 0) is 16.1 Å². The molecular weight excluding hydrogens is 444 g/mol. The van der Waals surface area contributed by atoms with Crippen LogP contribution >= 0.6 is 11.3 Å². The van der Waals surface area contributed by atoms with Crippen LogP contribution in [0.15, 0.2) is 57.5 Å². The first kappa shape index (κ1) is 22.0. The number of nitrogens with one attached hydrogen (secondary N) is 3. The molecule has 0 fully saturated rings. The number of carbonyl (C=O) groups is 3.